The molecule has 11 rings (SSSR count). The first-order chi connectivity index (χ1) is 44.9. The second-order valence-corrected chi connectivity index (χ2v) is 29.8. The molecule has 5 heterocycles. The molecule has 1 unspecified atom stereocenters. The second-order valence-electron chi connectivity index (χ2n) is 27.8. The number of piperidine rings is 1. The van der Waals surface area contributed by atoms with Gasteiger partial charge in [-0.05, 0) is 178 Å². The second kappa shape index (κ2) is 31.4. The molecule has 5 amide bonds. The van der Waals surface area contributed by atoms with E-state index in [1.54, 1.807) is 37.4 Å². The predicted octanol–water partition coefficient (Wildman–Crippen LogP) is 9.18. The SMILES string of the molecule is CC(C)(O)c1coc(S(=O)(=O)[N-]C(=O)Nc2c3c(cc4c2CCC4)CCC3)c1.CC(C)C[C@@H](/C=C/CC(=O)NC1CC(C)(C)N(O)C(C)(C)C1)NC(=O)OC(C)(C)C.CN1C(=O)C(Cc2c[nH]c3ccccc23)NC1=S.O=c1cc(-c2ccccc2)oc2cc(O)c(O)c(O)c12.[Na+]. The van der Waals surface area contributed by atoms with Crippen molar-refractivity contribution in [1.29, 1.82) is 0 Å². The number of aromatic hydroxyl groups is 3. The number of urea groups is 1. The number of furan rings is 1. The number of anilines is 1. The number of hydrogen-bond acceptors (Lipinski definition) is 17. The summed E-state index contributed by atoms with van der Waals surface area (Å²) in [5.74, 6) is -1.31. The number of carbonyl (C=O) groups excluding carboxylic acids is 4. The van der Waals surface area contributed by atoms with E-state index >= 15 is 0 Å². The zero-order valence-corrected chi connectivity index (χ0v) is 61.0. The topological polar surface area (TPSA) is 341 Å². The van der Waals surface area contributed by atoms with Crippen molar-refractivity contribution < 1.29 is 96.4 Å². The minimum atomic E-state index is -4.31. The summed E-state index contributed by atoms with van der Waals surface area (Å²) in [6.45, 7) is 20.6. The molecule has 0 saturated carbocycles. The van der Waals surface area contributed by atoms with Crippen LogP contribution in [0.25, 0.3) is 37.9 Å². The number of aliphatic hydroxyl groups is 1. The summed E-state index contributed by atoms with van der Waals surface area (Å²) in [5.41, 5.74) is 5.50. The van der Waals surface area contributed by atoms with Crippen molar-refractivity contribution in [3.05, 3.63) is 152 Å². The predicted molar refractivity (Wildman–Crippen MR) is 371 cm³/mol. The van der Waals surface area contributed by atoms with Crippen LogP contribution in [-0.2, 0) is 62.1 Å². The van der Waals surface area contributed by atoms with Crippen LogP contribution in [0.2, 0.25) is 0 Å². The fourth-order valence-corrected chi connectivity index (χ4v) is 13.5. The third kappa shape index (κ3) is 19.5. The number of amides is 5. The molecule has 7 aromatic rings. The molecule has 23 nitrogen and oxygen atoms in total. The Balaban J connectivity index is 0.000000185. The third-order valence-corrected chi connectivity index (χ3v) is 18.4. The van der Waals surface area contributed by atoms with Gasteiger partial charge in [-0.25, -0.2) is 13.2 Å². The van der Waals surface area contributed by atoms with E-state index in [-0.39, 0.29) is 76.9 Å². The van der Waals surface area contributed by atoms with Gasteiger partial charge >= 0.3 is 35.7 Å². The fourth-order valence-electron chi connectivity index (χ4n) is 12.5. The standard InChI is InChI=1S/C23H43N3O4.C20H24N2O5S.C15H10O5.C13H13N3OS.Na/c1-16(2)13-17(25-20(28)30-21(3,4)5)11-10-12-19(27)24-18-14-22(6,7)26(29)23(8,9)15-18;1-20(2,24)14-10-17(27-11-14)28(25,26)22-19(23)21-18-15-7-3-5-12(15)9-13-6-4-8-16(13)18;16-9-6-11(8-4-2-1-3-5-8)20-12-7-10(17)14(18)15(19)13(9)12;1-16-12(17)11(15-13(16)18)6-8-7-14-10-5-3-2-4-9(8)10;/h10-11,16-18,29H,12-15H2,1-9H3,(H,24,27)(H,25,28);9-11,24H,3-8H2,1-2H3,(H2,21,22,23);1-7,17-19H;2-5,7,11,14H,6H2,1H3,(H,15,18);/q;;;;+1/p-1/b11-10+;;;;/t17-;;;;/m1..../s1. The summed E-state index contributed by atoms with van der Waals surface area (Å²) in [6.07, 6.45) is 15.1. The van der Waals surface area contributed by atoms with Crippen molar-refractivity contribution in [1.82, 2.24) is 30.9 Å². The van der Waals surface area contributed by atoms with Crippen molar-refractivity contribution in [2.45, 2.75) is 192 Å². The number of H-pyrrole nitrogens is 1. The number of nitrogens with zero attached hydrogens (tertiary/aromatic N) is 3. The summed E-state index contributed by atoms with van der Waals surface area (Å²) in [7, 11) is -2.61. The van der Waals surface area contributed by atoms with E-state index in [0.717, 1.165) is 90.6 Å². The van der Waals surface area contributed by atoms with Crippen molar-refractivity contribution in [2.75, 3.05) is 12.4 Å². The van der Waals surface area contributed by atoms with Crippen LogP contribution in [-0.4, -0.2) is 120 Å². The fraction of sp³-hybridized carbons (Fsp3) is 0.437. The van der Waals surface area contributed by atoms with Gasteiger partial charge in [-0.3, -0.25) is 24.1 Å². The van der Waals surface area contributed by atoms with Crippen LogP contribution in [0.15, 0.2) is 122 Å². The summed E-state index contributed by atoms with van der Waals surface area (Å²) in [6, 6.07) is 21.4. The van der Waals surface area contributed by atoms with Crippen LogP contribution in [0.5, 0.6) is 17.2 Å². The van der Waals surface area contributed by atoms with Crippen LogP contribution >= 0.6 is 12.2 Å². The molecule has 2 atom stereocenters. The average molecular weight is 1380 g/mol. The molecule has 4 aromatic carbocycles. The van der Waals surface area contributed by atoms with Gasteiger partial charge in [-0.15, -0.1) is 0 Å². The first-order valence-electron chi connectivity index (χ1n) is 32.0. The van der Waals surface area contributed by atoms with E-state index in [2.05, 4.69) is 57.0 Å². The molecule has 2 saturated heterocycles. The first-order valence-corrected chi connectivity index (χ1v) is 33.9. The van der Waals surface area contributed by atoms with Crippen molar-refractivity contribution >= 4 is 78.9 Å². The summed E-state index contributed by atoms with van der Waals surface area (Å²) < 4.78 is 44.1. The van der Waals surface area contributed by atoms with Crippen molar-refractivity contribution in [2.24, 2.45) is 5.92 Å². The summed E-state index contributed by atoms with van der Waals surface area (Å²) >= 11 is 5.07. The van der Waals surface area contributed by atoms with Gasteiger partial charge in [-0.1, -0.05) is 80.6 Å². The molecule has 516 valence electrons. The first kappa shape index (κ1) is 76.6. The van der Waals surface area contributed by atoms with E-state index in [0.29, 0.717) is 47.2 Å². The van der Waals surface area contributed by atoms with E-state index in [1.165, 1.54) is 47.1 Å². The molecule has 2 aliphatic carbocycles. The molecule has 10 N–H and O–H groups in total. The number of hydrogen-bond donors (Lipinski definition) is 10. The molecule has 4 aliphatic rings. The molecule has 0 spiro atoms. The van der Waals surface area contributed by atoms with Crippen molar-refractivity contribution in [3.8, 4) is 28.6 Å². The number of nitrogens with one attached hydrogen (secondary N) is 5. The van der Waals surface area contributed by atoms with Crippen LogP contribution in [0.1, 0.15) is 148 Å². The van der Waals surface area contributed by atoms with Crippen LogP contribution in [0.4, 0.5) is 15.3 Å². The number of phenols is 3. The Bertz CT molecular complexity index is 4180. The molecule has 26 heteroatoms. The summed E-state index contributed by atoms with van der Waals surface area (Å²) in [4.78, 5) is 65.7. The van der Waals surface area contributed by atoms with Crippen LogP contribution in [0, 0.1) is 5.92 Å². The number of hydroxylamine groups is 2. The Labute approximate surface area is 593 Å². The Hall–Kier alpha value is -7.75. The smallest absolute Gasteiger partial charge is 0.504 e. The third-order valence-electron chi connectivity index (χ3n) is 16.9. The number of aryl methyl sites for hydroxylation is 2. The van der Waals surface area contributed by atoms with E-state index in [9.17, 15) is 58.0 Å². The number of benzene rings is 4. The van der Waals surface area contributed by atoms with Gasteiger partial charge in [0.1, 0.15) is 28.4 Å². The zero-order chi connectivity index (χ0) is 70.4. The number of sulfonamides is 1. The van der Waals surface area contributed by atoms with Gasteiger partial charge in [-0.2, -0.15) is 5.06 Å². The molecule has 97 heavy (non-hydrogen) atoms. The number of carbonyl (C=O) groups is 4. The van der Waals surface area contributed by atoms with Gasteiger partial charge in [0.05, 0.1) is 17.9 Å². The maximum absolute atomic E-state index is 12.5. The number of likely N-dealkylation sites (N-methyl/N-ethyl adjacent to an activating group) is 1. The van der Waals surface area contributed by atoms with E-state index < -0.39 is 72.2 Å². The number of para-hydroxylation sites is 1. The van der Waals surface area contributed by atoms with Gasteiger partial charge in [0, 0.05) is 83.4 Å². The largest absolute Gasteiger partial charge is 1.00 e. The number of phenolic OH excluding ortho intramolecular Hbond substituents is 3. The molecule has 3 aromatic heterocycles. The van der Waals surface area contributed by atoms with Gasteiger partial charge in [0.25, 0.3) is 5.91 Å². The molecule has 0 radical (unpaired) electrons. The average Bonchev–Trinajstić information content (AvgIpc) is 1.66. The minimum absolute atomic E-state index is 0. The Morgan fingerprint density at radius 2 is 1.49 bits per heavy atom. The number of aromatic nitrogens is 1. The van der Waals surface area contributed by atoms with Gasteiger partial charge in [0.15, 0.2) is 28.1 Å². The Morgan fingerprint density at radius 3 is 2.07 bits per heavy atom. The normalized spacial score (nSPS) is 16.9. The number of aromatic amines is 1. The van der Waals surface area contributed by atoms with E-state index in [1.807, 2.05) is 85.0 Å². The van der Waals surface area contributed by atoms with Crippen LogP contribution < -0.4 is 56.3 Å². The quantitative estimate of drug-likeness (QED) is 0.0210. The maximum Gasteiger partial charge on any atom is 1.00 e. The van der Waals surface area contributed by atoms with E-state index in [4.69, 9.17) is 25.8 Å². The van der Waals surface area contributed by atoms with Gasteiger partial charge in [0.2, 0.25) is 26.8 Å². The molecule has 2 aliphatic heterocycles. The van der Waals surface area contributed by atoms with Crippen molar-refractivity contribution in [3.63, 3.8) is 0 Å². The number of thiocarbonyl (C=S) groups is 1. The monoisotopic (exact) mass is 1380 g/mol. The number of ether oxygens (including phenoxy) is 1. The number of rotatable bonds is 14. The molecule has 0 bridgehead atoms. The number of fused-ring (bicyclic) bond motifs is 4. The molecular weight excluding hydrogens is 1290 g/mol. The van der Waals surface area contributed by atoms with Crippen LogP contribution in [0.3, 0.4) is 0 Å². The summed E-state index contributed by atoms with van der Waals surface area (Å²) in [5, 5.41) is 63.2. The zero-order valence-electron chi connectivity index (χ0n) is 57.4. The molecular formula is C71H89N8NaO15S2. The van der Waals surface area contributed by atoms with Gasteiger partial charge < -0.3 is 70.2 Å². The molecule has 2 fully saturated rings. The Morgan fingerprint density at radius 1 is 0.876 bits per heavy atom. The minimum Gasteiger partial charge on any atom is -0.504 e. The Kier molecular flexibility index (Phi) is 24.8. The maximum atomic E-state index is 12.5. The number of alkyl carbamates (subject to hydrolysis) is 1.